The molecule has 0 aliphatic carbocycles. The lowest BCUT2D eigenvalue weighted by molar-refractivity contribution is 0.0310. The molecule has 0 amide bonds. The fourth-order valence-electron chi connectivity index (χ4n) is 1.90. The second-order valence-corrected chi connectivity index (χ2v) is 5.92. The fourth-order valence-corrected chi connectivity index (χ4v) is 1.90. The molecular weight excluding hydrogens is 435 g/mol. The number of hydrogen-bond donors (Lipinski definition) is 3. The van der Waals surface area contributed by atoms with Crippen molar-refractivity contribution in [1.29, 1.82) is 0 Å². The summed E-state index contributed by atoms with van der Waals surface area (Å²) in [5.41, 5.74) is -0.286. The Morgan fingerprint density at radius 3 is 2.84 bits per heavy atom. The number of methoxy groups -OCH3 is 1. The minimum Gasteiger partial charge on any atom is -0.461 e. The van der Waals surface area contributed by atoms with Crippen molar-refractivity contribution in [3.8, 4) is 11.6 Å². The number of furan rings is 1. The molecule has 25 heavy (non-hydrogen) atoms. The molecule has 0 saturated heterocycles. The smallest absolute Gasteiger partial charge is 0.216 e. The van der Waals surface area contributed by atoms with E-state index in [-0.39, 0.29) is 29.6 Å². The van der Waals surface area contributed by atoms with Gasteiger partial charge in [-0.1, -0.05) is 0 Å². The molecule has 2 rings (SSSR count). The highest BCUT2D eigenvalue weighted by Gasteiger charge is 2.15. The van der Waals surface area contributed by atoms with E-state index in [1.807, 2.05) is 32.9 Å². The molecule has 0 fully saturated rings. The third-order valence-electron chi connectivity index (χ3n) is 3.44. The van der Waals surface area contributed by atoms with Crippen molar-refractivity contribution < 1.29 is 9.15 Å². The predicted molar refractivity (Wildman–Crippen MR) is 108 cm³/mol. The number of aromatic nitrogens is 3. The molecule has 9 heteroatoms. The molecule has 8 nitrogen and oxygen atoms in total. The van der Waals surface area contributed by atoms with Crippen LogP contribution < -0.4 is 10.6 Å². The summed E-state index contributed by atoms with van der Waals surface area (Å²) in [6.07, 6.45) is 2.30. The van der Waals surface area contributed by atoms with Crippen LogP contribution in [0.5, 0.6) is 0 Å². The van der Waals surface area contributed by atoms with Gasteiger partial charge in [-0.05, 0) is 32.9 Å². The monoisotopic (exact) mass is 462 g/mol. The largest absolute Gasteiger partial charge is 0.461 e. The molecule has 0 atom stereocenters. The highest BCUT2D eigenvalue weighted by molar-refractivity contribution is 14.0. The summed E-state index contributed by atoms with van der Waals surface area (Å²) >= 11 is 0. The Morgan fingerprint density at radius 1 is 1.40 bits per heavy atom. The molecule has 0 spiro atoms. The van der Waals surface area contributed by atoms with Crippen LogP contribution in [0.4, 0.5) is 0 Å². The van der Waals surface area contributed by atoms with E-state index in [0.29, 0.717) is 31.1 Å². The quantitative estimate of drug-likeness (QED) is 0.316. The van der Waals surface area contributed by atoms with E-state index in [4.69, 9.17) is 9.15 Å². The summed E-state index contributed by atoms with van der Waals surface area (Å²) < 4.78 is 10.7. The zero-order valence-corrected chi connectivity index (χ0v) is 17.5. The Balaban J connectivity index is 0.00000312. The summed E-state index contributed by atoms with van der Waals surface area (Å²) in [4.78, 5) is 8.95. The SMILES string of the molecule is CCNC(=NCC(C)(C)OC)NCCc1nc(-c2ccco2)n[nH]1.I. The third-order valence-corrected chi connectivity index (χ3v) is 3.44. The Morgan fingerprint density at radius 2 is 2.20 bits per heavy atom. The van der Waals surface area contributed by atoms with Crippen LogP contribution in [0.25, 0.3) is 11.6 Å². The van der Waals surface area contributed by atoms with Gasteiger partial charge in [-0.25, -0.2) is 4.98 Å². The van der Waals surface area contributed by atoms with E-state index >= 15 is 0 Å². The van der Waals surface area contributed by atoms with E-state index in [1.165, 1.54) is 0 Å². The van der Waals surface area contributed by atoms with Gasteiger partial charge in [0, 0.05) is 26.6 Å². The van der Waals surface area contributed by atoms with Gasteiger partial charge >= 0.3 is 0 Å². The summed E-state index contributed by atoms with van der Waals surface area (Å²) in [5.74, 6) is 2.77. The van der Waals surface area contributed by atoms with Crippen LogP contribution in [0.15, 0.2) is 27.8 Å². The topological polar surface area (TPSA) is 100 Å². The second-order valence-electron chi connectivity index (χ2n) is 5.92. The number of H-pyrrole nitrogens is 1. The Labute approximate surface area is 165 Å². The average molecular weight is 462 g/mol. The minimum absolute atomic E-state index is 0. The normalized spacial score (nSPS) is 11.9. The molecule has 0 aliphatic rings. The lowest BCUT2D eigenvalue weighted by Crippen LogP contribution is -2.40. The van der Waals surface area contributed by atoms with Crippen molar-refractivity contribution in [1.82, 2.24) is 25.8 Å². The van der Waals surface area contributed by atoms with E-state index in [9.17, 15) is 0 Å². The first-order valence-electron chi connectivity index (χ1n) is 8.06. The number of aromatic amines is 1. The lowest BCUT2D eigenvalue weighted by Gasteiger charge is -2.21. The molecule has 0 bridgehead atoms. The fraction of sp³-hybridized carbons (Fsp3) is 0.562. The maximum atomic E-state index is 5.38. The molecular formula is C16H27IN6O2. The van der Waals surface area contributed by atoms with Crippen molar-refractivity contribution in [2.45, 2.75) is 32.8 Å². The zero-order valence-electron chi connectivity index (χ0n) is 15.1. The van der Waals surface area contributed by atoms with Crippen molar-refractivity contribution in [2.24, 2.45) is 4.99 Å². The van der Waals surface area contributed by atoms with Gasteiger partial charge in [0.1, 0.15) is 5.82 Å². The number of aliphatic imine (C=N–C) groups is 1. The average Bonchev–Trinajstić information content (AvgIpc) is 3.24. The van der Waals surface area contributed by atoms with Crippen molar-refractivity contribution in [3.63, 3.8) is 0 Å². The van der Waals surface area contributed by atoms with Crippen LogP contribution in [0.1, 0.15) is 26.6 Å². The van der Waals surface area contributed by atoms with Gasteiger partial charge in [0.25, 0.3) is 0 Å². The van der Waals surface area contributed by atoms with E-state index in [1.54, 1.807) is 13.4 Å². The molecule has 0 unspecified atom stereocenters. The molecule has 3 N–H and O–H groups in total. The second kappa shape index (κ2) is 10.4. The molecule has 2 aromatic heterocycles. The molecule has 0 saturated carbocycles. The van der Waals surface area contributed by atoms with E-state index in [2.05, 4.69) is 30.8 Å². The van der Waals surface area contributed by atoms with Gasteiger partial charge < -0.3 is 19.8 Å². The number of hydrogen-bond acceptors (Lipinski definition) is 5. The van der Waals surface area contributed by atoms with Gasteiger partial charge in [0.05, 0.1) is 18.4 Å². The number of nitrogens with one attached hydrogen (secondary N) is 3. The van der Waals surface area contributed by atoms with Gasteiger partial charge in [-0.3, -0.25) is 10.1 Å². The zero-order chi connectivity index (χ0) is 17.4. The number of ether oxygens (including phenoxy) is 1. The molecule has 0 aromatic carbocycles. The first kappa shape index (κ1) is 21.4. The highest BCUT2D eigenvalue weighted by atomic mass is 127. The number of guanidine groups is 1. The standard InChI is InChI=1S/C16H26N6O2.HI/c1-5-17-15(19-11-16(2,3)23-4)18-9-8-13-20-14(22-21-13)12-7-6-10-24-12;/h6-7,10H,5,8-9,11H2,1-4H3,(H2,17,18,19)(H,20,21,22);1H. The molecule has 140 valence electrons. The van der Waals surface area contributed by atoms with Crippen LogP contribution in [-0.2, 0) is 11.2 Å². The maximum absolute atomic E-state index is 5.38. The number of rotatable bonds is 8. The van der Waals surface area contributed by atoms with Crippen molar-refractivity contribution >= 4 is 29.9 Å². The van der Waals surface area contributed by atoms with Crippen molar-refractivity contribution in [3.05, 3.63) is 24.2 Å². The Hall–Kier alpha value is -1.62. The minimum atomic E-state index is -0.286. The molecule has 0 aliphatic heterocycles. The van der Waals surface area contributed by atoms with Crippen LogP contribution >= 0.6 is 24.0 Å². The van der Waals surface area contributed by atoms with Gasteiger partial charge in [-0.15, -0.1) is 24.0 Å². The third kappa shape index (κ3) is 7.02. The molecule has 2 aromatic rings. The van der Waals surface area contributed by atoms with Crippen LogP contribution in [-0.4, -0.2) is 53.5 Å². The van der Waals surface area contributed by atoms with E-state index < -0.39 is 0 Å². The lowest BCUT2D eigenvalue weighted by atomic mass is 10.1. The maximum Gasteiger partial charge on any atom is 0.216 e. The Bertz CT molecular complexity index is 639. The first-order chi connectivity index (χ1) is 11.5. The molecule has 0 radical (unpaired) electrons. The first-order valence-corrected chi connectivity index (χ1v) is 8.06. The highest BCUT2D eigenvalue weighted by Crippen LogP contribution is 2.14. The summed E-state index contributed by atoms with van der Waals surface area (Å²) in [6, 6.07) is 3.65. The number of nitrogens with zero attached hydrogens (tertiary/aromatic N) is 3. The van der Waals surface area contributed by atoms with Gasteiger partial charge in [0.15, 0.2) is 11.7 Å². The summed E-state index contributed by atoms with van der Waals surface area (Å²) in [6.45, 7) is 8.10. The summed E-state index contributed by atoms with van der Waals surface area (Å²) in [7, 11) is 1.69. The van der Waals surface area contributed by atoms with Crippen LogP contribution in [0.3, 0.4) is 0 Å². The van der Waals surface area contributed by atoms with E-state index in [0.717, 1.165) is 18.3 Å². The number of halogens is 1. The Kier molecular flexibility index (Phi) is 8.90. The van der Waals surface area contributed by atoms with Crippen LogP contribution in [0.2, 0.25) is 0 Å². The molecule has 2 heterocycles. The van der Waals surface area contributed by atoms with Crippen molar-refractivity contribution in [2.75, 3.05) is 26.7 Å². The van der Waals surface area contributed by atoms with Crippen LogP contribution in [0, 0.1) is 0 Å². The predicted octanol–water partition coefficient (Wildman–Crippen LogP) is 2.21. The van der Waals surface area contributed by atoms with Gasteiger partial charge in [0.2, 0.25) is 5.82 Å². The summed E-state index contributed by atoms with van der Waals surface area (Å²) in [5, 5.41) is 13.6. The van der Waals surface area contributed by atoms with Gasteiger partial charge in [-0.2, -0.15) is 5.10 Å².